The van der Waals surface area contributed by atoms with Gasteiger partial charge in [-0.3, -0.25) is 0 Å². The Kier molecular flexibility index (Phi) is 8.12. The van der Waals surface area contributed by atoms with Crippen LogP contribution in [0.2, 0.25) is 5.02 Å². The molecule has 0 spiro atoms. The highest BCUT2D eigenvalue weighted by molar-refractivity contribution is 9.10. The molecule has 0 unspecified atom stereocenters. The van der Waals surface area contributed by atoms with Crippen molar-refractivity contribution in [2.45, 2.75) is 6.61 Å². The summed E-state index contributed by atoms with van der Waals surface area (Å²) in [5.41, 5.74) is 4.40. The SMILES string of the molecule is COc1cc(C=Nc2oc(-c3ccccc3)c(-c3ccccc3)c2C#N)cc(Br)c1OCc1ccccc1Cl. The summed E-state index contributed by atoms with van der Waals surface area (Å²) < 4.78 is 18.5. The van der Waals surface area contributed by atoms with E-state index in [1.54, 1.807) is 19.4 Å². The van der Waals surface area contributed by atoms with Crippen molar-refractivity contribution < 1.29 is 13.9 Å². The molecule has 7 heteroatoms. The van der Waals surface area contributed by atoms with Crippen molar-refractivity contribution in [1.29, 1.82) is 5.26 Å². The van der Waals surface area contributed by atoms with Gasteiger partial charge in [-0.25, -0.2) is 4.99 Å². The molecule has 0 bridgehead atoms. The molecule has 0 aliphatic heterocycles. The van der Waals surface area contributed by atoms with Crippen LogP contribution in [0.1, 0.15) is 16.7 Å². The van der Waals surface area contributed by atoms with Gasteiger partial charge in [0.2, 0.25) is 5.88 Å². The number of halogens is 2. The van der Waals surface area contributed by atoms with Crippen molar-refractivity contribution in [2.75, 3.05) is 7.11 Å². The molecule has 5 rings (SSSR count). The summed E-state index contributed by atoms with van der Waals surface area (Å²) >= 11 is 9.86. The van der Waals surface area contributed by atoms with E-state index in [2.05, 4.69) is 27.0 Å². The van der Waals surface area contributed by atoms with E-state index in [1.807, 2.05) is 91.0 Å². The Bertz CT molecular complexity index is 1680. The molecule has 0 N–H and O–H groups in total. The second-order valence-corrected chi connectivity index (χ2v) is 9.76. The molecular weight excluding hydrogens is 576 g/mol. The number of ether oxygens (including phenoxy) is 2. The van der Waals surface area contributed by atoms with Crippen LogP contribution in [0.4, 0.5) is 5.88 Å². The maximum atomic E-state index is 10.1. The lowest BCUT2D eigenvalue weighted by Crippen LogP contribution is -2.00. The van der Waals surface area contributed by atoms with Crippen molar-refractivity contribution in [3.8, 4) is 40.0 Å². The molecule has 192 valence electrons. The topological polar surface area (TPSA) is 67.8 Å². The zero-order valence-corrected chi connectivity index (χ0v) is 23.2. The first-order valence-electron chi connectivity index (χ1n) is 12.0. The Morgan fingerprint density at radius 1 is 0.949 bits per heavy atom. The van der Waals surface area contributed by atoms with E-state index in [9.17, 15) is 5.26 Å². The Morgan fingerprint density at radius 3 is 2.28 bits per heavy atom. The standard InChI is InChI=1S/C32H22BrClN2O3/c1-37-28-17-21(16-26(33)31(28)38-20-24-14-8-9-15-27(24)34)19-36-32-25(18-35)29(22-10-4-2-5-11-22)30(39-32)23-12-6-3-7-13-23/h2-17,19H,20H2,1H3. The largest absolute Gasteiger partial charge is 0.493 e. The highest BCUT2D eigenvalue weighted by atomic mass is 79.9. The molecule has 0 aliphatic carbocycles. The molecule has 39 heavy (non-hydrogen) atoms. The van der Waals surface area contributed by atoms with E-state index < -0.39 is 0 Å². The molecule has 5 nitrogen and oxygen atoms in total. The number of rotatable bonds is 8. The van der Waals surface area contributed by atoms with Gasteiger partial charge in [0, 0.05) is 27.9 Å². The van der Waals surface area contributed by atoms with Crippen LogP contribution in [-0.2, 0) is 6.61 Å². The van der Waals surface area contributed by atoms with Gasteiger partial charge in [-0.15, -0.1) is 0 Å². The molecule has 4 aromatic carbocycles. The Balaban J connectivity index is 1.50. The van der Waals surface area contributed by atoms with Gasteiger partial charge in [-0.05, 0) is 45.3 Å². The van der Waals surface area contributed by atoms with Crippen molar-refractivity contribution in [1.82, 2.24) is 0 Å². The van der Waals surface area contributed by atoms with E-state index in [0.29, 0.717) is 37.9 Å². The van der Waals surface area contributed by atoms with Crippen LogP contribution in [-0.4, -0.2) is 13.3 Å². The van der Waals surface area contributed by atoms with E-state index in [0.717, 1.165) is 22.3 Å². The predicted octanol–water partition coefficient (Wildman–Crippen LogP) is 9.24. The third-order valence-electron chi connectivity index (χ3n) is 6.01. The summed E-state index contributed by atoms with van der Waals surface area (Å²) in [5.74, 6) is 1.88. The number of benzene rings is 4. The summed E-state index contributed by atoms with van der Waals surface area (Å²) in [4.78, 5) is 4.58. The highest BCUT2D eigenvalue weighted by Gasteiger charge is 2.22. The highest BCUT2D eigenvalue weighted by Crippen LogP contribution is 2.43. The first-order valence-corrected chi connectivity index (χ1v) is 13.2. The molecule has 0 saturated heterocycles. The molecule has 1 aromatic heterocycles. The van der Waals surface area contributed by atoms with Crippen LogP contribution in [0.15, 0.2) is 111 Å². The Morgan fingerprint density at radius 2 is 1.62 bits per heavy atom. The van der Waals surface area contributed by atoms with Gasteiger partial charge in [0.15, 0.2) is 11.5 Å². The lowest BCUT2D eigenvalue weighted by atomic mass is 9.98. The van der Waals surface area contributed by atoms with Crippen molar-refractivity contribution >= 4 is 39.6 Å². The summed E-state index contributed by atoms with van der Waals surface area (Å²) in [7, 11) is 1.57. The van der Waals surface area contributed by atoms with E-state index in [-0.39, 0.29) is 12.5 Å². The zero-order valence-electron chi connectivity index (χ0n) is 20.9. The number of methoxy groups -OCH3 is 1. The zero-order chi connectivity index (χ0) is 27.2. The quantitative estimate of drug-likeness (QED) is 0.167. The Labute approximate surface area is 240 Å². The minimum absolute atomic E-state index is 0.226. The van der Waals surface area contributed by atoms with E-state index in [4.69, 9.17) is 25.5 Å². The molecule has 0 aliphatic rings. The van der Waals surface area contributed by atoms with Gasteiger partial charge < -0.3 is 13.9 Å². The van der Waals surface area contributed by atoms with Crippen molar-refractivity contribution in [3.63, 3.8) is 0 Å². The number of furan rings is 1. The van der Waals surface area contributed by atoms with Gasteiger partial charge in [0.05, 0.1) is 11.6 Å². The number of aliphatic imine (C=N–C) groups is 1. The second kappa shape index (κ2) is 12.0. The maximum absolute atomic E-state index is 10.1. The third kappa shape index (κ3) is 5.75. The fourth-order valence-electron chi connectivity index (χ4n) is 4.14. The van der Waals surface area contributed by atoms with E-state index >= 15 is 0 Å². The lowest BCUT2D eigenvalue weighted by Gasteiger charge is -2.14. The van der Waals surface area contributed by atoms with Gasteiger partial charge >= 0.3 is 0 Å². The van der Waals surface area contributed by atoms with E-state index in [1.165, 1.54) is 0 Å². The van der Waals surface area contributed by atoms with Crippen LogP contribution in [0, 0.1) is 11.3 Å². The van der Waals surface area contributed by atoms with Gasteiger partial charge in [-0.1, -0.05) is 90.5 Å². The molecular formula is C32H22BrClN2O3. The fourth-order valence-corrected chi connectivity index (χ4v) is 4.90. The first kappa shape index (κ1) is 26.3. The fraction of sp³-hybridized carbons (Fsp3) is 0.0625. The molecule has 0 amide bonds. The van der Waals surface area contributed by atoms with Crippen molar-refractivity contribution in [2.24, 2.45) is 4.99 Å². The van der Waals surface area contributed by atoms with Gasteiger partial charge in [0.1, 0.15) is 24.0 Å². The summed E-state index contributed by atoms with van der Waals surface area (Å²) in [6.45, 7) is 0.282. The van der Waals surface area contributed by atoms with Crippen LogP contribution < -0.4 is 9.47 Å². The summed E-state index contributed by atoms with van der Waals surface area (Å²) in [5, 5.41) is 10.7. The normalized spacial score (nSPS) is 10.9. The van der Waals surface area contributed by atoms with Gasteiger partial charge in [0.25, 0.3) is 0 Å². The Hall–Kier alpha value is -4.31. The average Bonchev–Trinajstić information content (AvgIpc) is 3.35. The lowest BCUT2D eigenvalue weighted by molar-refractivity contribution is 0.282. The molecule has 0 radical (unpaired) electrons. The summed E-state index contributed by atoms with van der Waals surface area (Å²) in [6, 6.07) is 32.9. The smallest absolute Gasteiger partial charge is 0.238 e. The maximum Gasteiger partial charge on any atom is 0.238 e. The van der Waals surface area contributed by atoms with Crippen LogP contribution in [0.25, 0.3) is 22.5 Å². The summed E-state index contributed by atoms with van der Waals surface area (Å²) in [6.07, 6.45) is 1.63. The number of hydrogen-bond acceptors (Lipinski definition) is 5. The molecule has 1 heterocycles. The minimum Gasteiger partial charge on any atom is -0.493 e. The van der Waals surface area contributed by atoms with Crippen LogP contribution in [0.3, 0.4) is 0 Å². The minimum atomic E-state index is 0.226. The predicted molar refractivity (Wildman–Crippen MR) is 158 cm³/mol. The third-order valence-corrected chi connectivity index (χ3v) is 6.97. The van der Waals surface area contributed by atoms with Gasteiger partial charge in [-0.2, -0.15) is 5.26 Å². The van der Waals surface area contributed by atoms with Crippen LogP contribution in [0.5, 0.6) is 11.5 Å². The van der Waals surface area contributed by atoms with Crippen molar-refractivity contribution in [3.05, 3.63) is 123 Å². The molecule has 0 saturated carbocycles. The first-order chi connectivity index (χ1) is 19.1. The van der Waals surface area contributed by atoms with Crippen LogP contribution >= 0.6 is 27.5 Å². The average molecular weight is 598 g/mol. The number of nitrogens with zero attached hydrogens (tertiary/aromatic N) is 2. The number of hydrogen-bond donors (Lipinski definition) is 0. The molecule has 0 fully saturated rings. The monoisotopic (exact) mass is 596 g/mol. The second-order valence-electron chi connectivity index (χ2n) is 8.50. The molecule has 0 atom stereocenters. The molecule has 5 aromatic rings. The number of nitriles is 1.